The Labute approximate surface area is 323 Å². The summed E-state index contributed by atoms with van der Waals surface area (Å²) in [4.78, 5) is 12.3. The third kappa shape index (κ3) is 20.3. The Kier molecular flexibility index (Phi) is 22.3. The SMILES string of the molecule is CC(C)c1cccnn1.CC(C)c1ccn(C)n1.CC(C)c1ccn(C)n1.CC(C)c1cnn(C)c1.CC(C)c1ncccn1.CC(C)c1nccs1. The minimum Gasteiger partial charge on any atom is -0.276 e. The van der Waals surface area contributed by atoms with Crippen LogP contribution in [0.5, 0.6) is 0 Å². The number of thiazole rings is 1. The predicted octanol–water partition coefficient (Wildman–Crippen LogP) is 10.1. The van der Waals surface area contributed by atoms with E-state index in [9.17, 15) is 0 Å². The van der Waals surface area contributed by atoms with E-state index in [-0.39, 0.29) is 0 Å². The summed E-state index contributed by atoms with van der Waals surface area (Å²) in [6, 6.07) is 9.81. The molecule has 0 aliphatic heterocycles. The Morgan fingerprint density at radius 1 is 0.528 bits per heavy atom. The van der Waals surface area contributed by atoms with Crippen LogP contribution in [-0.4, -0.2) is 54.5 Å². The monoisotopic (exact) mass is 744 g/mol. The lowest BCUT2D eigenvalue weighted by Crippen LogP contribution is -1.93. The van der Waals surface area contributed by atoms with E-state index in [0.717, 1.165) is 22.9 Å². The van der Waals surface area contributed by atoms with Crippen LogP contribution in [0.15, 0.2) is 85.3 Å². The normalized spacial score (nSPS) is 10.4. The molecular weight excluding hydrogens is 679 g/mol. The molecule has 0 aromatic carbocycles. The molecule has 0 radical (unpaired) electrons. The summed E-state index contributed by atoms with van der Waals surface area (Å²) in [5.41, 5.74) is 4.69. The van der Waals surface area contributed by atoms with Crippen molar-refractivity contribution in [2.24, 2.45) is 21.1 Å². The van der Waals surface area contributed by atoms with Gasteiger partial charge in [0.2, 0.25) is 0 Å². The van der Waals surface area contributed by atoms with E-state index in [4.69, 9.17) is 0 Å². The molecule has 0 bridgehead atoms. The average Bonchev–Trinajstić information content (AvgIpc) is 3.96. The largest absolute Gasteiger partial charge is 0.276 e. The lowest BCUT2D eigenvalue weighted by atomic mass is 10.1. The first kappa shape index (κ1) is 46.4. The van der Waals surface area contributed by atoms with E-state index in [2.05, 4.69) is 124 Å². The summed E-state index contributed by atoms with van der Waals surface area (Å²) in [6.07, 6.45) is 15.0. The van der Waals surface area contributed by atoms with Crippen molar-refractivity contribution in [2.75, 3.05) is 0 Å². The zero-order valence-corrected chi connectivity index (χ0v) is 35.7. The Bertz CT molecular complexity index is 1570. The molecule has 0 unspecified atom stereocenters. The van der Waals surface area contributed by atoms with Crippen molar-refractivity contribution >= 4 is 11.3 Å². The van der Waals surface area contributed by atoms with Gasteiger partial charge in [0.15, 0.2) is 0 Å². The molecule has 0 fully saturated rings. The van der Waals surface area contributed by atoms with Crippen molar-refractivity contribution < 1.29 is 0 Å². The second-order valence-corrected chi connectivity index (χ2v) is 15.3. The Hall–Kier alpha value is -4.58. The van der Waals surface area contributed by atoms with Gasteiger partial charge in [0.05, 0.1) is 28.3 Å². The van der Waals surface area contributed by atoms with Crippen molar-refractivity contribution in [3.63, 3.8) is 0 Å². The van der Waals surface area contributed by atoms with Gasteiger partial charge < -0.3 is 0 Å². The molecular formula is C41H65N11S. The van der Waals surface area contributed by atoms with Gasteiger partial charge in [-0.15, -0.1) is 11.3 Å². The Morgan fingerprint density at radius 2 is 1.08 bits per heavy atom. The van der Waals surface area contributed by atoms with Crippen LogP contribution in [0.1, 0.15) is 152 Å². The number of rotatable bonds is 6. The lowest BCUT2D eigenvalue weighted by molar-refractivity contribution is 0.713. The van der Waals surface area contributed by atoms with Gasteiger partial charge in [-0.1, -0.05) is 83.1 Å². The molecule has 11 nitrogen and oxygen atoms in total. The first-order valence-corrected chi connectivity index (χ1v) is 19.3. The van der Waals surface area contributed by atoms with Gasteiger partial charge >= 0.3 is 0 Å². The van der Waals surface area contributed by atoms with Crippen molar-refractivity contribution in [1.82, 2.24) is 54.5 Å². The zero-order chi connectivity index (χ0) is 39.9. The van der Waals surface area contributed by atoms with Gasteiger partial charge in [-0.05, 0) is 59.6 Å². The van der Waals surface area contributed by atoms with Gasteiger partial charge in [-0.2, -0.15) is 25.5 Å². The highest BCUT2D eigenvalue weighted by Gasteiger charge is 2.02. The van der Waals surface area contributed by atoms with Crippen LogP contribution in [0.4, 0.5) is 0 Å². The predicted molar refractivity (Wildman–Crippen MR) is 220 cm³/mol. The highest BCUT2D eigenvalue weighted by Crippen LogP contribution is 2.15. The topological polar surface area (TPSA) is 118 Å². The van der Waals surface area contributed by atoms with Crippen LogP contribution < -0.4 is 0 Å². The summed E-state index contributed by atoms with van der Waals surface area (Å²) in [5.74, 6) is 4.12. The highest BCUT2D eigenvalue weighted by molar-refractivity contribution is 7.09. The molecule has 6 heterocycles. The maximum atomic E-state index is 4.23. The van der Waals surface area contributed by atoms with Crippen LogP contribution >= 0.6 is 11.3 Å². The summed E-state index contributed by atoms with van der Waals surface area (Å²) in [7, 11) is 5.81. The number of aryl methyl sites for hydroxylation is 3. The van der Waals surface area contributed by atoms with Gasteiger partial charge in [-0.25, -0.2) is 15.0 Å². The molecule has 0 N–H and O–H groups in total. The fourth-order valence-corrected chi connectivity index (χ4v) is 4.62. The quantitative estimate of drug-likeness (QED) is 0.165. The van der Waals surface area contributed by atoms with Crippen molar-refractivity contribution in [3.8, 4) is 0 Å². The number of hydrogen-bond acceptors (Lipinski definition) is 9. The molecule has 0 aliphatic carbocycles. The number of nitrogens with zero attached hydrogens (tertiary/aromatic N) is 11. The zero-order valence-electron chi connectivity index (χ0n) is 34.9. The molecule has 6 aromatic heterocycles. The molecule has 0 atom stereocenters. The van der Waals surface area contributed by atoms with E-state index in [1.165, 1.54) is 10.6 Å². The number of aromatic nitrogens is 11. The smallest absolute Gasteiger partial charge is 0.130 e. The first-order chi connectivity index (χ1) is 25.0. The standard InChI is InChI=1S/3C7H12N2.2C7H10N2.C6H9NS/c1-6(2)7-4-8-9(3)5-7;2*1-6(2)7-4-5-9(3)8-7;1-6(2)7-8-4-3-5-9-7;1-6(2)7-4-3-5-8-9-7;1-5(2)6-7-3-4-8-6/h3*4-6H,1-3H3;2*3-6H,1-2H3;3-5H,1-2H3. The molecule has 0 aliphatic rings. The van der Waals surface area contributed by atoms with Crippen molar-refractivity contribution in [1.29, 1.82) is 0 Å². The summed E-state index contributed by atoms with van der Waals surface area (Å²) in [6.45, 7) is 25.6. The maximum absolute atomic E-state index is 4.23. The van der Waals surface area contributed by atoms with Gasteiger partial charge in [0.25, 0.3) is 0 Å². The van der Waals surface area contributed by atoms with E-state index < -0.39 is 0 Å². The third-order valence-electron chi connectivity index (χ3n) is 7.27. The van der Waals surface area contributed by atoms with Gasteiger partial charge in [0.1, 0.15) is 5.82 Å². The molecule has 0 amide bonds. The lowest BCUT2D eigenvalue weighted by Gasteiger charge is -1.98. The Morgan fingerprint density at radius 3 is 1.30 bits per heavy atom. The fourth-order valence-electron chi connectivity index (χ4n) is 3.97. The molecule has 0 saturated heterocycles. The highest BCUT2D eigenvalue weighted by atomic mass is 32.1. The number of hydrogen-bond donors (Lipinski definition) is 0. The van der Waals surface area contributed by atoms with Gasteiger partial charge in [-0.3, -0.25) is 14.0 Å². The maximum Gasteiger partial charge on any atom is 0.130 e. The molecule has 290 valence electrons. The summed E-state index contributed by atoms with van der Waals surface area (Å²) < 4.78 is 5.49. The Balaban J connectivity index is 0.000000318. The summed E-state index contributed by atoms with van der Waals surface area (Å²) in [5, 5.41) is 23.4. The minimum absolute atomic E-state index is 0.436. The van der Waals surface area contributed by atoms with Crippen molar-refractivity contribution in [3.05, 3.63) is 119 Å². The van der Waals surface area contributed by atoms with E-state index in [0.29, 0.717) is 35.5 Å². The second-order valence-electron chi connectivity index (χ2n) is 14.3. The third-order valence-corrected chi connectivity index (χ3v) is 8.35. The van der Waals surface area contributed by atoms with Gasteiger partial charge in [0, 0.05) is 81.7 Å². The molecule has 0 spiro atoms. The molecule has 0 saturated carbocycles. The molecule has 6 rings (SSSR count). The second kappa shape index (κ2) is 25.4. The molecule has 6 aromatic rings. The van der Waals surface area contributed by atoms with Crippen LogP contribution in [-0.2, 0) is 21.1 Å². The van der Waals surface area contributed by atoms with E-state index >= 15 is 0 Å². The van der Waals surface area contributed by atoms with Crippen molar-refractivity contribution in [2.45, 2.75) is 119 Å². The molecule has 12 heteroatoms. The van der Waals surface area contributed by atoms with Crippen LogP contribution in [0.3, 0.4) is 0 Å². The average molecular weight is 744 g/mol. The van der Waals surface area contributed by atoms with Crippen LogP contribution in [0, 0.1) is 0 Å². The molecule has 53 heavy (non-hydrogen) atoms. The first-order valence-electron chi connectivity index (χ1n) is 18.4. The minimum atomic E-state index is 0.436. The van der Waals surface area contributed by atoms with Crippen LogP contribution in [0.25, 0.3) is 0 Å². The summed E-state index contributed by atoms with van der Waals surface area (Å²) >= 11 is 1.72. The van der Waals surface area contributed by atoms with Crippen LogP contribution in [0.2, 0.25) is 0 Å². The fraction of sp³-hybridized carbons (Fsp3) is 0.512. The van der Waals surface area contributed by atoms with E-state index in [1.807, 2.05) is 102 Å². The van der Waals surface area contributed by atoms with E-state index in [1.54, 1.807) is 29.9 Å².